The zero-order valence-corrected chi connectivity index (χ0v) is 16.9. The molecule has 1 amide bonds. The van der Waals surface area contributed by atoms with Crippen LogP contribution < -0.4 is 9.64 Å². The number of rotatable bonds is 4. The molecule has 0 aliphatic carbocycles. The Labute approximate surface area is 168 Å². The lowest BCUT2D eigenvalue weighted by molar-refractivity contribution is -0.119. The number of hydrogen-bond acceptors (Lipinski definition) is 5. The van der Waals surface area contributed by atoms with Crippen molar-refractivity contribution in [3.05, 3.63) is 60.2 Å². The Balaban J connectivity index is 1.58. The van der Waals surface area contributed by atoms with Crippen LogP contribution in [-0.4, -0.2) is 48.9 Å². The first-order chi connectivity index (χ1) is 13.4. The molecule has 28 heavy (non-hydrogen) atoms. The summed E-state index contributed by atoms with van der Waals surface area (Å²) in [6.07, 6.45) is 0. The number of aryl methyl sites for hydroxylation is 1. The van der Waals surface area contributed by atoms with Gasteiger partial charge in [-0.1, -0.05) is 42.1 Å². The second-order valence-electron chi connectivity index (χ2n) is 6.90. The maximum atomic E-state index is 12.4. The number of benzene rings is 2. The highest BCUT2D eigenvalue weighted by Gasteiger charge is 2.49. The minimum Gasteiger partial charge on any atom is -0.484 e. The molecule has 0 spiro atoms. The zero-order chi connectivity index (χ0) is 19.7. The summed E-state index contributed by atoms with van der Waals surface area (Å²) in [4.78, 5) is 18.5. The summed E-state index contributed by atoms with van der Waals surface area (Å²) in [5.74, 6) is 0.394. The van der Waals surface area contributed by atoms with Gasteiger partial charge in [0.25, 0.3) is 5.91 Å². The monoisotopic (exact) mass is 416 g/mol. The summed E-state index contributed by atoms with van der Waals surface area (Å²) < 4.78 is 29.7. The first-order valence-electron chi connectivity index (χ1n) is 8.94. The number of fused-ring (bicyclic) bond motifs is 1. The number of anilines is 1. The number of aliphatic imine (C=N–C) groups is 1. The number of sulfone groups is 1. The smallest absolute Gasteiger partial charge is 0.285 e. The molecular weight excluding hydrogens is 396 g/mol. The first kappa shape index (κ1) is 19.0. The Morgan fingerprint density at radius 1 is 1.18 bits per heavy atom. The Hall–Kier alpha value is -2.32. The number of ether oxygens (including phenoxy) is 1. The van der Waals surface area contributed by atoms with E-state index >= 15 is 0 Å². The maximum Gasteiger partial charge on any atom is 0.285 e. The standard InChI is InChI=1S/C20H20N2O4S2/c1-14-6-5-7-15(10-14)22-17-12-28(24,25)13-18(17)27-20(22)21-19(23)11-26-16-8-3-2-4-9-16/h2-10,17-18H,11-13H2,1H3/t17-,18-/m1/s1. The van der Waals surface area contributed by atoms with Gasteiger partial charge in [0.2, 0.25) is 0 Å². The third-order valence-electron chi connectivity index (χ3n) is 4.67. The first-order valence-corrected chi connectivity index (χ1v) is 11.6. The molecule has 0 N–H and O–H groups in total. The van der Waals surface area contributed by atoms with Crippen molar-refractivity contribution in [3.63, 3.8) is 0 Å². The van der Waals surface area contributed by atoms with Gasteiger partial charge >= 0.3 is 0 Å². The number of nitrogens with zero attached hydrogens (tertiary/aromatic N) is 2. The molecule has 2 saturated heterocycles. The fraction of sp³-hybridized carbons (Fsp3) is 0.300. The van der Waals surface area contributed by atoms with E-state index in [4.69, 9.17) is 4.74 Å². The second kappa shape index (κ2) is 7.60. The lowest BCUT2D eigenvalue weighted by Gasteiger charge is -2.24. The highest BCUT2D eigenvalue weighted by atomic mass is 32.2. The van der Waals surface area contributed by atoms with E-state index in [1.54, 1.807) is 12.1 Å². The minimum absolute atomic E-state index is 0.0757. The molecule has 0 radical (unpaired) electrons. The average molecular weight is 417 g/mol. The number of amidine groups is 1. The SMILES string of the molecule is Cc1cccc(N2C(=NC(=O)COc3ccccc3)S[C@@H]3CS(=O)(=O)C[C@H]32)c1. The Kier molecular flexibility index (Phi) is 5.16. The largest absolute Gasteiger partial charge is 0.484 e. The van der Waals surface area contributed by atoms with Crippen molar-refractivity contribution in [2.24, 2.45) is 4.99 Å². The molecule has 2 atom stereocenters. The van der Waals surface area contributed by atoms with E-state index in [2.05, 4.69) is 4.99 Å². The summed E-state index contributed by atoms with van der Waals surface area (Å²) in [5.41, 5.74) is 1.91. The van der Waals surface area contributed by atoms with Crippen LogP contribution in [0.2, 0.25) is 0 Å². The van der Waals surface area contributed by atoms with E-state index in [-0.39, 0.29) is 29.4 Å². The van der Waals surface area contributed by atoms with Gasteiger partial charge in [0.05, 0.1) is 17.5 Å². The van der Waals surface area contributed by atoms with Crippen LogP contribution in [0.3, 0.4) is 0 Å². The van der Waals surface area contributed by atoms with Gasteiger partial charge in [0, 0.05) is 10.9 Å². The molecule has 0 unspecified atom stereocenters. The van der Waals surface area contributed by atoms with E-state index in [1.807, 2.05) is 54.3 Å². The lowest BCUT2D eigenvalue weighted by Crippen LogP contribution is -2.37. The van der Waals surface area contributed by atoms with E-state index in [1.165, 1.54) is 11.8 Å². The molecule has 2 aromatic carbocycles. The number of thioether (sulfide) groups is 1. The van der Waals surface area contributed by atoms with Gasteiger partial charge in [-0.25, -0.2) is 8.42 Å². The molecule has 8 heteroatoms. The molecule has 2 heterocycles. The molecule has 2 aliphatic rings. The molecule has 0 bridgehead atoms. The third kappa shape index (κ3) is 4.07. The van der Waals surface area contributed by atoms with Crippen LogP contribution in [0.5, 0.6) is 5.75 Å². The molecule has 0 aromatic heterocycles. The van der Waals surface area contributed by atoms with Gasteiger partial charge in [-0.15, -0.1) is 0 Å². The van der Waals surface area contributed by atoms with E-state index in [0.29, 0.717) is 10.9 Å². The quantitative estimate of drug-likeness (QED) is 0.763. The molecule has 146 valence electrons. The van der Waals surface area contributed by atoms with Crippen LogP contribution in [0.15, 0.2) is 59.6 Å². The van der Waals surface area contributed by atoms with Crippen LogP contribution >= 0.6 is 11.8 Å². The number of carbonyl (C=O) groups is 1. The molecule has 0 saturated carbocycles. The highest BCUT2D eigenvalue weighted by molar-refractivity contribution is 8.16. The molecule has 4 rings (SSSR count). The summed E-state index contributed by atoms with van der Waals surface area (Å²) >= 11 is 1.36. The van der Waals surface area contributed by atoms with Crippen molar-refractivity contribution < 1.29 is 17.9 Å². The normalized spacial score (nSPS) is 24.3. The Bertz CT molecular complexity index is 1020. The number of para-hydroxylation sites is 1. The zero-order valence-electron chi connectivity index (χ0n) is 15.3. The van der Waals surface area contributed by atoms with Gasteiger partial charge in [0.15, 0.2) is 21.6 Å². The fourth-order valence-corrected chi connectivity index (χ4v) is 7.38. The van der Waals surface area contributed by atoms with E-state index in [0.717, 1.165) is 11.3 Å². The number of carbonyl (C=O) groups excluding carboxylic acids is 1. The van der Waals surface area contributed by atoms with Crippen molar-refractivity contribution >= 4 is 38.4 Å². The summed E-state index contributed by atoms with van der Waals surface area (Å²) in [5, 5.41) is 0.421. The van der Waals surface area contributed by atoms with E-state index in [9.17, 15) is 13.2 Å². The van der Waals surface area contributed by atoms with Gasteiger partial charge < -0.3 is 9.64 Å². The molecule has 2 aromatic rings. The van der Waals surface area contributed by atoms with Crippen molar-refractivity contribution in [2.75, 3.05) is 23.0 Å². The van der Waals surface area contributed by atoms with Crippen molar-refractivity contribution in [3.8, 4) is 5.75 Å². The second-order valence-corrected chi connectivity index (χ2v) is 10.3. The van der Waals surface area contributed by atoms with Crippen LogP contribution in [0.1, 0.15) is 5.56 Å². The average Bonchev–Trinajstić information content (AvgIpc) is 3.11. The molecule has 6 nitrogen and oxygen atoms in total. The summed E-state index contributed by atoms with van der Waals surface area (Å²) in [6.45, 7) is 1.81. The Morgan fingerprint density at radius 3 is 2.71 bits per heavy atom. The van der Waals surface area contributed by atoms with E-state index < -0.39 is 15.7 Å². The third-order valence-corrected chi connectivity index (χ3v) is 7.88. The molecule has 2 fully saturated rings. The minimum atomic E-state index is -3.08. The van der Waals surface area contributed by atoms with Crippen molar-refractivity contribution in [2.45, 2.75) is 18.2 Å². The Morgan fingerprint density at radius 2 is 1.96 bits per heavy atom. The number of hydrogen-bond donors (Lipinski definition) is 0. The topological polar surface area (TPSA) is 76.0 Å². The van der Waals surface area contributed by atoms with Crippen molar-refractivity contribution in [1.82, 2.24) is 0 Å². The molecular formula is C20H20N2O4S2. The van der Waals surface area contributed by atoms with Crippen LogP contribution in [0, 0.1) is 6.92 Å². The highest BCUT2D eigenvalue weighted by Crippen LogP contribution is 2.41. The molecule has 2 aliphatic heterocycles. The predicted octanol–water partition coefficient (Wildman–Crippen LogP) is 2.68. The van der Waals surface area contributed by atoms with Gasteiger partial charge in [0.1, 0.15) is 5.75 Å². The predicted molar refractivity (Wildman–Crippen MR) is 112 cm³/mol. The van der Waals surface area contributed by atoms with Gasteiger partial charge in [-0.2, -0.15) is 4.99 Å². The maximum absolute atomic E-state index is 12.4. The lowest BCUT2D eigenvalue weighted by atomic mass is 10.1. The van der Waals surface area contributed by atoms with Crippen molar-refractivity contribution in [1.29, 1.82) is 0 Å². The van der Waals surface area contributed by atoms with Crippen LogP contribution in [0.4, 0.5) is 5.69 Å². The number of amides is 1. The summed E-state index contributed by atoms with van der Waals surface area (Å²) in [7, 11) is -3.08. The van der Waals surface area contributed by atoms with Gasteiger partial charge in [-0.3, -0.25) is 4.79 Å². The fourth-order valence-electron chi connectivity index (χ4n) is 3.44. The van der Waals surface area contributed by atoms with Crippen LogP contribution in [-0.2, 0) is 14.6 Å². The van der Waals surface area contributed by atoms with Crippen LogP contribution in [0.25, 0.3) is 0 Å². The van der Waals surface area contributed by atoms with Gasteiger partial charge in [-0.05, 0) is 36.8 Å². The summed E-state index contributed by atoms with van der Waals surface area (Å²) in [6, 6.07) is 16.7.